The molecule has 3 N–H and O–H groups in total. The Hall–Kier alpha value is -2.02. The minimum Gasteiger partial charge on any atom is -0.475 e. The summed E-state index contributed by atoms with van der Waals surface area (Å²) in [6, 6.07) is 3.52. The molecule has 2 heterocycles. The maximum Gasteiger partial charge on any atom is 0.213 e. The van der Waals surface area contributed by atoms with Gasteiger partial charge < -0.3 is 10.5 Å². The number of pyridine rings is 1. The summed E-state index contributed by atoms with van der Waals surface area (Å²) in [5.74, 6) is 0.559. The van der Waals surface area contributed by atoms with Crippen LogP contribution in [-0.2, 0) is 0 Å². The standard InChI is InChI=1S/C11H18N6O/c1-11(2,17-8-14-15-16(17)3)7-18-10-5-4-9(12)6-13-10/h4-6,8,15H,7,12H2,1-3H3. The van der Waals surface area contributed by atoms with Crippen molar-refractivity contribution in [1.82, 2.24) is 20.6 Å². The zero-order chi connectivity index (χ0) is 13.2. The zero-order valence-corrected chi connectivity index (χ0v) is 10.8. The quantitative estimate of drug-likeness (QED) is 0.807. The minimum absolute atomic E-state index is 0.245. The van der Waals surface area contributed by atoms with Crippen molar-refractivity contribution in [3.8, 4) is 5.88 Å². The van der Waals surface area contributed by atoms with Gasteiger partial charge in [0.25, 0.3) is 0 Å². The van der Waals surface area contributed by atoms with E-state index < -0.39 is 0 Å². The van der Waals surface area contributed by atoms with Crippen LogP contribution in [-0.4, -0.2) is 40.6 Å². The third-order valence-electron chi connectivity index (χ3n) is 2.65. The van der Waals surface area contributed by atoms with Crippen molar-refractivity contribution >= 4 is 12.0 Å². The van der Waals surface area contributed by atoms with E-state index in [0.29, 0.717) is 18.2 Å². The first-order valence-corrected chi connectivity index (χ1v) is 5.65. The van der Waals surface area contributed by atoms with Gasteiger partial charge in [-0.1, -0.05) is 0 Å². The van der Waals surface area contributed by atoms with Crippen LogP contribution in [0.25, 0.3) is 0 Å². The third-order valence-corrected chi connectivity index (χ3v) is 2.65. The van der Waals surface area contributed by atoms with Gasteiger partial charge >= 0.3 is 0 Å². The molecular formula is C11H18N6O. The summed E-state index contributed by atoms with van der Waals surface area (Å²) in [7, 11) is 1.89. The number of hydrogen-bond donors (Lipinski definition) is 2. The lowest BCUT2D eigenvalue weighted by Gasteiger charge is -2.37. The van der Waals surface area contributed by atoms with Crippen LogP contribution in [0, 0.1) is 0 Å². The van der Waals surface area contributed by atoms with Gasteiger partial charge in [-0.3, -0.25) is 5.01 Å². The monoisotopic (exact) mass is 250 g/mol. The normalized spacial score (nSPS) is 15.8. The highest BCUT2D eigenvalue weighted by Gasteiger charge is 2.31. The van der Waals surface area contributed by atoms with Gasteiger partial charge in [0.05, 0.1) is 17.4 Å². The fourth-order valence-corrected chi connectivity index (χ4v) is 1.65. The average molecular weight is 250 g/mol. The van der Waals surface area contributed by atoms with Crippen molar-refractivity contribution in [2.45, 2.75) is 19.4 Å². The molecule has 0 aliphatic carbocycles. The number of ether oxygens (including phenoxy) is 1. The third kappa shape index (κ3) is 2.62. The molecule has 1 aliphatic rings. The molecule has 98 valence electrons. The number of nitrogens with two attached hydrogens (primary N) is 1. The number of hydrogen-bond acceptors (Lipinski definition) is 7. The molecule has 1 aromatic heterocycles. The number of aromatic nitrogens is 1. The van der Waals surface area contributed by atoms with Gasteiger partial charge in [-0.05, 0) is 19.9 Å². The van der Waals surface area contributed by atoms with E-state index in [1.165, 1.54) is 0 Å². The van der Waals surface area contributed by atoms with Crippen LogP contribution < -0.4 is 16.0 Å². The van der Waals surface area contributed by atoms with E-state index in [1.807, 2.05) is 12.1 Å². The van der Waals surface area contributed by atoms with Gasteiger partial charge in [0.15, 0.2) is 0 Å². The Balaban J connectivity index is 1.96. The summed E-state index contributed by atoms with van der Waals surface area (Å²) in [5.41, 5.74) is 8.77. The number of hydrazone groups is 1. The number of nitrogens with zero attached hydrogens (tertiary/aromatic N) is 4. The van der Waals surface area contributed by atoms with Gasteiger partial charge in [-0.2, -0.15) is 5.10 Å². The molecule has 0 aromatic carbocycles. The molecular weight excluding hydrogens is 232 g/mol. The molecule has 0 bridgehead atoms. The van der Waals surface area contributed by atoms with Crippen LogP contribution in [0.1, 0.15) is 13.8 Å². The molecule has 0 amide bonds. The van der Waals surface area contributed by atoms with E-state index in [2.05, 4.69) is 29.5 Å². The molecule has 18 heavy (non-hydrogen) atoms. The Labute approximate surface area is 106 Å². The van der Waals surface area contributed by atoms with Crippen LogP contribution in [0.15, 0.2) is 23.4 Å². The van der Waals surface area contributed by atoms with E-state index in [0.717, 1.165) is 0 Å². The number of rotatable bonds is 4. The highest BCUT2D eigenvalue weighted by molar-refractivity contribution is 5.56. The highest BCUT2D eigenvalue weighted by Crippen LogP contribution is 2.18. The number of nitrogen functional groups attached to an aromatic ring is 1. The maximum atomic E-state index is 5.66. The maximum absolute atomic E-state index is 5.66. The molecule has 0 fully saturated rings. The van der Waals surface area contributed by atoms with Crippen LogP contribution in [0.2, 0.25) is 0 Å². The van der Waals surface area contributed by atoms with Crippen molar-refractivity contribution in [3.05, 3.63) is 18.3 Å². The second kappa shape index (κ2) is 4.69. The number of nitrogens with one attached hydrogen (secondary N) is 1. The second-order valence-corrected chi connectivity index (χ2v) is 4.74. The lowest BCUT2D eigenvalue weighted by Crippen LogP contribution is -2.54. The molecule has 2 rings (SSSR count). The van der Waals surface area contributed by atoms with Gasteiger partial charge in [0.1, 0.15) is 12.9 Å². The van der Waals surface area contributed by atoms with Gasteiger partial charge in [0, 0.05) is 13.1 Å². The molecule has 7 heteroatoms. The van der Waals surface area contributed by atoms with Crippen molar-refractivity contribution in [3.63, 3.8) is 0 Å². The predicted octanol–water partition coefficient (Wildman–Crippen LogP) is 0.431. The summed E-state index contributed by atoms with van der Waals surface area (Å²) in [5, 5.41) is 7.71. The van der Waals surface area contributed by atoms with Crippen LogP contribution in [0.4, 0.5) is 5.69 Å². The van der Waals surface area contributed by atoms with Gasteiger partial charge in [0.2, 0.25) is 5.88 Å². The van der Waals surface area contributed by atoms with Gasteiger partial charge in [-0.15, -0.1) is 5.12 Å². The number of hydrazine groups is 2. The Kier molecular flexibility index (Phi) is 3.24. The predicted molar refractivity (Wildman–Crippen MR) is 69.5 cm³/mol. The molecule has 0 atom stereocenters. The minimum atomic E-state index is -0.245. The summed E-state index contributed by atoms with van der Waals surface area (Å²) < 4.78 is 5.66. The molecule has 0 spiro atoms. The molecule has 0 saturated carbocycles. The molecule has 7 nitrogen and oxygen atoms in total. The smallest absolute Gasteiger partial charge is 0.213 e. The van der Waals surface area contributed by atoms with Crippen molar-refractivity contribution in [1.29, 1.82) is 0 Å². The largest absolute Gasteiger partial charge is 0.475 e. The Morgan fingerprint density at radius 3 is 2.78 bits per heavy atom. The highest BCUT2D eigenvalue weighted by atomic mass is 16.5. The van der Waals surface area contributed by atoms with E-state index in [1.54, 1.807) is 29.8 Å². The first-order valence-electron chi connectivity index (χ1n) is 5.65. The molecule has 1 aromatic rings. The Bertz CT molecular complexity index is 430. The van der Waals surface area contributed by atoms with E-state index in [-0.39, 0.29) is 5.54 Å². The van der Waals surface area contributed by atoms with Crippen LogP contribution >= 0.6 is 0 Å². The van der Waals surface area contributed by atoms with Crippen molar-refractivity contribution < 1.29 is 4.74 Å². The zero-order valence-electron chi connectivity index (χ0n) is 10.8. The number of anilines is 1. The van der Waals surface area contributed by atoms with Crippen molar-refractivity contribution in [2.24, 2.45) is 5.10 Å². The lowest BCUT2D eigenvalue weighted by molar-refractivity contribution is -0.0431. The summed E-state index contributed by atoms with van der Waals surface area (Å²) in [4.78, 5) is 4.10. The molecule has 0 unspecified atom stereocenters. The lowest BCUT2D eigenvalue weighted by atomic mass is 10.1. The molecule has 0 radical (unpaired) electrons. The van der Waals surface area contributed by atoms with Crippen LogP contribution in [0.3, 0.4) is 0 Å². The summed E-state index contributed by atoms with van der Waals surface area (Å²) in [6.45, 7) is 4.58. The topological polar surface area (TPSA) is 79.0 Å². The first-order chi connectivity index (χ1) is 8.49. The fraction of sp³-hybridized carbons (Fsp3) is 0.455. The van der Waals surface area contributed by atoms with Crippen molar-refractivity contribution in [2.75, 3.05) is 19.4 Å². The Morgan fingerprint density at radius 2 is 2.22 bits per heavy atom. The SMILES string of the molecule is CN1NN=CN1C(C)(C)COc1ccc(N)cn1. The average Bonchev–Trinajstić information content (AvgIpc) is 2.76. The van der Waals surface area contributed by atoms with E-state index >= 15 is 0 Å². The fourth-order valence-electron chi connectivity index (χ4n) is 1.65. The van der Waals surface area contributed by atoms with E-state index in [4.69, 9.17) is 10.5 Å². The summed E-state index contributed by atoms with van der Waals surface area (Å²) in [6.07, 6.45) is 3.30. The molecule has 1 aliphatic heterocycles. The molecule has 0 saturated heterocycles. The van der Waals surface area contributed by atoms with E-state index in [9.17, 15) is 0 Å². The first kappa shape index (κ1) is 12.4. The summed E-state index contributed by atoms with van der Waals surface area (Å²) >= 11 is 0. The van der Waals surface area contributed by atoms with Crippen LogP contribution in [0.5, 0.6) is 5.88 Å². The Morgan fingerprint density at radius 1 is 1.44 bits per heavy atom. The second-order valence-electron chi connectivity index (χ2n) is 4.74. The van der Waals surface area contributed by atoms with Gasteiger partial charge in [-0.25, -0.2) is 10.5 Å².